The van der Waals surface area contributed by atoms with Crippen LogP contribution in [0.15, 0.2) is 155 Å². The van der Waals surface area contributed by atoms with Crippen LogP contribution >= 0.6 is 0 Å². The Hall–Kier alpha value is -6.47. The van der Waals surface area contributed by atoms with E-state index in [1.165, 1.54) is 0 Å². The van der Waals surface area contributed by atoms with E-state index < -0.39 is 11.2 Å². The van der Waals surface area contributed by atoms with Crippen molar-refractivity contribution >= 4 is 11.0 Å². The number of hydrogen-bond donors (Lipinski definition) is 1. The molecule has 6 aromatic carbocycles. The zero-order chi connectivity index (χ0) is 35.0. The number of ether oxygens (including phenoxy) is 4. The van der Waals surface area contributed by atoms with Gasteiger partial charge < -0.3 is 28.5 Å². The van der Waals surface area contributed by atoms with Crippen molar-refractivity contribution in [2.45, 2.75) is 33.4 Å². The Balaban J connectivity index is 1.29. The van der Waals surface area contributed by atoms with Crippen molar-refractivity contribution in [1.29, 1.82) is 0 Å². The van der Waals surface area contributed by atoms with Gasteiger partial charge in [0.05, 0.1) is 0 Å². The molecule has 7 heteroatoms. The number of rotatable bonds is 13. The van der Waals surface area contributed by atoms with E-state index in [2.05, 4.69) is 0 Å². The van der Waals surface area contributed by atoms with Gasteiger partial charge in [-0.2, -0.15) is 0 Å². The Labute approximate surface area is 295 Å². The molecule has 1 N–H and O–H groups in total. The maximum atomic E-state index is 14.0. The third-order valence-corrected chi connectivity index (χ3v) is 8.47. The SMILES string of the molecule is Cc1c(-c2oc3cc(OCc4ccccc4)cc(OCc4ccccc4)c3c(=O)c2O)ccc(OCc2ccccc2)c1OCc1ccccc1. The van der Waals surface area contributed by atoms with Crippen molar-refractivity contribution in [3.05, 3.63) is 184 Å². The normalized spacial score (nSPS) is 10.9. The monoisotopic (exact) mass is 676 g/mol. The van der Waals surface area contributed by atoms with Gasteiger partial charge in [0.2, 0.25) is 11.2 Å². The maximum absolute atomic E-state index is 14.0. The molecule has 0 fully saturated rings. The quantitative estimate of drug-likeness (QED) is 0.130. The Bertz CT molecular complexity index is 2290. The summed E-state index contributed by atoms with van der Waals surface area (Å²) in [7, 11) is 0. The van der Waals surface area contributed by atoms with Crippen LogP contribution < -0.4 is 24.4 Å². The van der Waals surface area contributed by atoms with Crippen LogP contribution in [0, 0.1) is 6.92 Å². The lowest BCUT2D eigenvalue weighted by Gasteiger charge is -2.18. The molecule has 7 aromatic rings. The van der Waals surface area contributed by atoms with Gasteiger partial charge in [0.15, 0.2) is 17.3 Å². The number of hydrogen-bond acceptors (Lipinski definition) is 7. The van der Waals surface area contributed by atoms with Crippen LogP contribution in [0.5, 0.6) is 28.7 Å². The second-order valence-corrected chi connectivity index (χ2v) is 12.1. The molecule has 0 atom stereocenters. The Morgan fingerprint density at radius 1 is 0.549 bits per heavy atom. The highest BCUT2D eigenvalue weighted by atomic mass is 16.5. The molecule has 0 bridgehead atoms. The zero-order valence-corrected chi connectivity index (χ0v) is 28.1. The average molecular weight is 677 g/mol. The fraction of sp³-hybridized carbons (Fsp3) is 0.114. The van der Waals surface area contributed by atoms with Crippen LogP contribution in [0.1, 0.15) is 27.8 Å². The summed E-state index contributed by atoms with van der Waals surface area (Å²) in [5.41, 5.74) is 4.56. The predicted molar refractivity (Wildman–Crippen MR) is 197 cm³/mol. The van der Waals surface area contributed by atoms with Crippen molar-refractivity contribution in [2.24, 2.45) is 0 Å². The molecular weight excluding hydrogens is 640 g/mol. The first-order chi connectivity index (χ1) is 25.0. The molecule has 7 nitrogen and oxygen atoms in total. The zero-order valence-electron chi connectivity index (χ0n) is 28.1. The average Bonchev–Trinajstić information content (AvgIpc) is 3.18. The lowest BCUT2D eigenvalue weighted by molar-refractivity contribution is 0.254. The van der Waals surface area contributed by atoms with E-state index >= 15 is 0 Å². The van der Waals surface area contributed by atoms with E-state index in [1.54, 1.807) is 24.3 Å². The molecule has 0 saturated carbocycles. The van der Waals surface area contributed by atoms with E-state index in [0.717, 1.165) is 22.3 Å². The van der Waals surface area contributed by atoms with Crippen LogP contribution in [0.4, 0.5) is 0 Å². The predicted octanol–water partition coefficient (Wildman–Crippen LogP) is 9.79. The largest absolute Gasteiger partial charge is 0.502 e. The Morgan fingerprint density at radius 2 is 1.02 bits per heavy atom. The molecule has 254 valence electrons. The minimum absolute atomic E-state index is 0.00149. The van der Waals surface area contributed by atoms with Gasteiger partial charge in [-0.1, -0.05) is 121 Å². The van der Waals surface area contributed by atoms with Gasteiger partial charge >= 0.3 is 0 Å². The molecule has 1 heterocycles. The van der Waals surface area contributed by atoms with E-state index in [0.29, 0.717) is 41.6 Å². The molecule has 0 saturated heterocycles. The molecule has 0 aliphatic rings. The van der Waals surface area contributed by atoms with E-state index in [9.17, 15) is 9.90 Å². The van der Waals surface area contributed by atoms with Crippen LogP contribution in [-0.4, -0.2) is 5.11 Å². The lowest BCUT2D eigenvalue weighted by Crippen LogP contribution is -2.08. The maximum Gasteiger partial charge on any atom is 0.238 e. The standard InChI is InChI=1S/C44H36O7/c1-30-36(22-23-37(48-27-32-16-8-3-9-17-32)43(30)50-29-34-20-12-5-13-21-34)44-42(46)41(45)40-38(49-28-33-18-10-4-11-19-33)24-35(25-39(40)51-44)47-26-31-14-6-2-7-15-31/h2-25,46H,26-29H2,1H3. The topological polar surface area (TPSA) is 87.4 Å². The van der Waals surface area contributed by atoms with Crippen LogP contribution in [0.3, 0.4) is 0 Å². The summed E-state index contributed by atoms with van der Waals surface area (Å²) < 4.78 is 31.4. The molecule has 1 aromatic heterocycles. The molecular formula is C44H36O7. The van der Waals surface area contributed by atoms with Crippen LogP contribution in [-0.2, 0) is 26.4 Å². The summed E-state index contributed by atoms with van der Waals surface area (Å²) >= 11 is 0. The number of fused-ring (bicyclic) bond motifs is 1. The molecule has 0 unspecified atom stereocenters. The second kappa shape index (κ2) is 15.4. The first-order valence-electron chi connectivity index (χ1n) is 16.7. The fourth-order valence-corrected chi connectivity index (χ4v) is 5.78. The number of benzene rings is 6. The van der Waals surface area contributed by atoms with Gasteiger partial charge in [-0.25, -0.2) is 0 Å². The van der Waals surface area contributed by atoms with Gasteiger partial charge in [-0.15, -0.1) is 0 Å². The fourth-order valence-electron chi connectivity index (χ4n) is 5.78. The molecule has 7 rings (SSSR count). The van der Waals surface area contributed by atoms with Gasteiger partial charge in [0, 0.05) is 23.3 Å². The van der Waals surface area contributed by atoms with Crippen molar-refractivity contribution < 1.29 is 28.5 Å². The minimum atomic E-state index is -0.625. The summed E-state index contributed by atoms with van der Waals surface area (Å²) in [6.07, 6.45) is 0. The summed E-state index contributed by atoms with van der Waals surface area (Å²) in [6, 6.07) is 45.9. The van der Waals surface area contributed by atoms with E-state index in [4.69, 9.17) is 23.4 Å². The van der Waals surface area contributed by atoms with Crippen molar-refractivity contribution in [3.63, 3.8) is 0 Å². The highest BCUT2D eigenvalue weighted by Crippen LogP contribution is 2.43. The van der Waals surface area contributed by atoms with E-state index in [1.807, 2.05) is 128 Å². The van der Waals surface area contributed by atoms with Crippen molar-refractivity contribution in [3.8, 4) is 40.1 Å². The Morgan fingerprint density at radius 3 is 1.55 bits per heavy atom. The molecule has 51 heavy (non-hydrogen) atoms. The van der Waals surface area contributed by atoms with Crippen LogP contribution in [0.2, 0.25) is 0 Å². The first-order valence-corrected chi connectivity index (χ1v) is 16.7. The lowest BCUT2D eigenvalue weighted by atomic mass is 10.0. The minimum Gasteiger partial charge on any atom is -0.502 e. The summed E-state index contributed by atoms with van der Waals surface area (Å²) in [5, 5.41) is 11.6. The molecule has 0 spiro atoms. The van der Waals surface area contributed by atoms with E-state index in [-0.39, 0.29) is 35.7 Å². The highest BCUT2D eigenvalue weighted by Gasteiger charge is 2.24. The van der Waals surface area contributed by atoms with Crippen LogP contribution in [0.25, 0.3) is 22.3 Å². The molecule has 0 aliphatic heterocycles. The van der Waals surface area contributed by atoms with Gasteiger partial charge in [-0.3, -0.25) is 4.79 Å². The number of aromatic hydroxyl groups is 1. The van der Waals surface area contributed by atoms with Gasteiger partial charge in [0.1, 0.15) is 48.9 Å². The third kappa shape index (κ3) is 7.73. The Kier molecular flexibility index (Phi) is 9.97. The summed E-state index contributed by atoms with van der Waals surface area (Å²) in [5.74, 6) is 1.14. The molecule has 0 amide bonds. The first kappa shape index (κ1) is 33.0. The summed E-state index contributed by atoms with van der Waals surface area (Å²) in [4.78, 5) is 14.0. The molecule has 0 aliphatic carbocycles. The smallest absolute Gasteiger partial charge is 0.238 e. The van der Waals surface area contributed by atoms with Gasteiger partial charge in [-0.05, 0) is 41.3 Å². The second-order valence-electron chi connectivity index (χ2n) is 12.1. The highest BCUT2D eigenvalue weighted by molar-refractivity contribution is 5.89. The van der Waals surface area contributed by atoms with Crippen molar-refractivity contribution in [2.75, 3.05) is 0 Å². The third-order valence-electron chi connectivity index (χ3n) is 8.47. The summed E-state index contributed by atoms with van der Waals surface area (Å²) in [6.45, 7) is 2.96. The molecule has 0 radical (unpaired) electrons. The van der Waals surface area contributed by atoms with Crippen molar-refractivity contribution in [1.82, 2.24) is 0 Å². The van der Waals surface area contributed by atoms with Gasteiger partial charge in [0.25, 0.3) is 0 Å².